The maximum Gasteiger partial charge on any atom is 0.329 e. The van der Waals surface area contributed by atoms with E-state index in [2.05, 4.69) is 21.3 Å². The molecule has 3 atom stereocenters. The average molecular weight is 1020 g/mol. The van der Waals surface area contributed by atoms with Crippen LogP contribution in [0.3, 0.4) is 0 Å². The number of nitrogens with one attached hydrogen (secondary N) is 4. The lowest BCUT2D eigenvalue weighted by Gasteiger charge is -2.36. The van der Waals surface area contributed by atoms with Gasteiger partial charge in [0.25, 0.3) is 23.6 Å². The molecule has 0 saturated carbocycles. The van der Waals surface area contributed by atoms with Crippen molar-refractivity contribution in [2.75, 3.05) is 45.8 Å². The molecule has 8 amide bonds. The molecule has 0 spiro atoms. The highest BCUT2D eigenvalue weighted by Gasteiger charge is 2.46. The van der Waals surface area contributed by atoms with Gasteiger partial charge in [-0.05, 0) is 112 Å². The Hall–Kier alpha value is -7.64. The summed E-state index contributed by atoms with van der Waals surface area (Å²) in [6, 6.07) is 14.7. The van der Waals surface area contributed by atoms with Crippen molar-refractivity contribution < 1.29 is 66.9 Å². The third-order valence-electron chi connectivity index (χ3n) is 13.5. The third-order valence-corrected chi connectivity index (χ3v) is 13.5. The Kier molecular flexibility index (Phi) is 19.4. The van der Waals surface area contributed by atoms with Crippen molar-refractivity contribution in [3.63, 3.8) is 0 Å². The Balaban J connectivity index is 0.957. The molecule has 20 heteroatoms. The molecule has 20 nitrogen and oxygen atoms in total. The number of benzene rings is 3. The van der Waals surface area contributed by atoms with E-state index < -0.39 is 83.3 Å². The number of amides is 8. The zero-order valence-electron chi connectivity index (χ0n) is 42.6. The maximum absolute atomic E-state index is 14.1. The summed E-state index contributed by atoms with van der Waals surface area (Å²) in [4.78, 5) is 132. The quantitative estimate of drug-likeness (QED) is 0.0403. The second kappa shape index (κ2) is 25.8. The van der Waals surface area contributed by atoms with Gasteiger partial charge in [-0.3, -0.25) is 53.4 Å². The Morgan fingerprint density at radius 2 is 1.50 bits per heavy atom. The number of rotatable bonds is 24. The maximum atomic E-state index is 14.1. The highest BCUT2D eigenvalue weighted by Crippen LogP contribution is 2.35. The van der Waals surface area contributed by atoms with Crippen molar-refractivity contribution in [1.82, 2.24) is 25.8 Å². The van der Waals surface area contributed by atoms with E-state index in [-0.39, 0.29) is 68.1 Å². The van der Waals surface area contributed by atoms with E-state index in [9.17, 15) is 47.9 Å². The molecule has 0 aromatic heterocycles. The molecule has 3 aliphatic heterocycles. The predicted octanol–water partition coefficient (Wildman–Crippen LogP) is 4.91. The first-order chi connectivity index (χ1) is 35.5. The molecule has 4 N–H and O–H groups in total. The SMILES string of the molecule is CCC(C)(C)C(=O)C(=O)N1CCCCC1C(=O)O[C@H](CCc1ccc(OC)c(OC)c1)c1cccc(NC(=O)CCC(=O)NCCCCNC(=O)COc2cccc3c2C(=O)N([C@H]2CCCC(=O)NC2=O)C3=O)c1. The number of Topliss-reactive ketones (excluding diaryl/α,β-unsaturated/α-hetero) is 1. The van der Waals surface area contributed by atoms with Crippen LogP contribution in [-0.2, 0) is 49.5 Å². The second-order valence-electron chi connectivity index (χ2n) is 19.1. The molecule has 0 aliphatic carbocycles. The van der Waals surface area contributed by atoms with Crippen LogP contribution in [0.1, 0.15) is 136 Å². The van der Waals surface area contributed by atoms with Crippen LogP contribution >= 0.6 is 0 Å². The highest BCUT2D eigenvalue weighted by atomic mass is 16.5. The van der Waals surface area contributed by atoms with Gasteiger partial charge in [0.2, 0.25) is 29.4 Å². The molecule has 3 aliphatic rings. The molecule has 3 heterocycles. The lowest BCUT2D eigenvalue weighted by atomic mass is 9.84. The number of piperidine rings is 1. The number of aryl methyl sites for hydroxylation is 1. The molecule has 6 rings (SSSR count). The number of hydrogen-bond acceptors (Lipinski definition) is 14. The number of imide groups is 2. The van der Waals surface area contributed by atoms with Crippen LogP contribution < -0.4 is 35.5 Å². The van der Waals surface area contributed by atoms with Crippen molar-refractivity contribution in [1.29, 1.82) is 0 Å². The number of fused-ring (bicyclic) bond motifs is 1. The van der Waals surface area contributed by atoms with Crippen molar-refractivity contribution in [2.24, 2.45) is 5.41 Å². The van der Waals surface area contributed by atoms with Crippen LogP contribution in [0, 0.1) is 5.41 Å². The van der Waals surface area contributed by atoms with Crippen molar-refractivity contribution in [3.8, 4) is 17.2 Å². The molecule has 2 saturated heterocycles. The number of ketones is 1. The van der Waals surface area contributed by atoms with Crippen LogP contribution in [-0.4, -0.2) is 121 Å². The molecule has 3 aromatic carbocycles. The fourth-order valence-electron chi connectivity index (χ4n) is 8.89. The van der Waals surface area contributed by atoms with Crippen molar-refractivity contribution in [3.05, 3.63) is 82.9 Å². The monoisotopic (exact) mass is 1020 g/mol. The third kappa shape index (κ3) is 14.1. The number of hydrogen-bond donors (Lipinski definition) is 4. The molecule has 1 unspecified atom stereocenters. The zero-order chi connectivity index (χ0) is 53.5. The summed E-state index contributed by atoms with van der Waals surface area (Å²) >= 11 is 0. The van der Waals surface area contributed by atoms with Crippen LogP contribution in [0.5, 0.6) is 17.2 Å². The van der Waals surface area contributed by atoms with Crippen LogP contribution in [0.25, 0.3) is 0 Å². The van der Waals surface area contributed by atoms with Crippen LogP contribution in [0.2, 0.25) is 0 Å². The van der Waals surface area contributed by atoms with E-state index in [4.69, 9.17) is 18.9 Å². The van der Waals surface area contributed by atoms with E-state index in [1.165, 1.54) is 30.2 Å². The number of carbonyl (C=O) groups excluding carboxylic acids is 10. The smallest absolute Gasteiger partial charge is 0.329 e. The first-order valence-corrected chi connectivity index (χ1v) is 25.1. The number of esters is 1. The number of nitrogens with zero attached hydrogens (tertiary/aromatic N) is 2. The van der Waals surface area contributed by atoms with Gasteiger partial charge in [0.1, 0.15) is 23.9 Å². The van der Waals surface area contributed by atoms with Gasteiger partial charge in [-0.2, -0.15) is 0 Å². The predicted molar refractivity (Wildman–Crippen MR) is 268 cm³/mol. The van der Waals surface area contributed by atoms with Gasteiger partial charge in [0.15, 0.2) is 18.1 Å². The number of carbonyl (C=O) groups is 10. The van der Waals surface area contributed by atoms with Crippen LogP contribution in [0.4, 0.5) is 5.69 Å². The van der Waals surface area contributed by atoms with E-state index in [1.54, 1.807) is 51.3 Å². The van der Waals surface area contributed by atoms with Crippen molar-refractivity contribution >= 4 is 64.7 Å². The van der Waals surface area contributed by atoms with E-state index in [0.717, 1.165) is 10.5 Å². The molecule has 3 aromatic rings. The van der Waals surface area contributed by atoms with E-state index in [0.29, 0.717) is 80.5 Å². The highest BCUT2D eigenvalue weighted by molar-refractivity contribution is 6.38. The molecule has 74 heavy (non-hydrogen) atoms. The lowest BCUT2D eigenvalue weighted by Crippen LogP contribution is -2.53. The van der Waals surface area contributed by atoms with Gasteiger partial charge >= 0.3 is 5.97 Å². The summed E-state index contributed by atoms with van der Waals surface area (Å²) in [7, 11) is 3.08. The number of unbranched alkanes of at least 4 members (excludes halogenated alkanes) is 1. The fraction of sp³-hybridized carbons (Fsp3) is 0.481. The molecule has 2 fully saturated rings. The summed E-state index contributed by atoms with van der Waals surface area (Å²) in [5, 5.41) is 10.5. The number of ether oxygens (including phenoxy) is 4. The Morgan fingerprint density at radius 3 is 2.23 bits per heavy atom. The molecule has 0 radical (unpaired) electrons. The summed E-state index contributed by atoms with van der Waals surface area (Å²) in [6.45, 7) is 5.60. The number of likely N-dealkylation sites (tertiary alicyclic amines) is 1. The van der Waals surface area contributed by atoms with Gasteiger partial charge in [-0.15, -0.1) is 0 Å². The molecular formula is C54H66N6O14. The normalized spacial score (nSPS) is 17.0. The Labute approximate surface area is 429 Å². The minimum Gasteiger partial charge on any atom is -0.493 e. The molecule has 396 valence electrons. The lowest BCUT2D eigenvalue weighted by molar-refractivity contribution is -0.164. The van der Waals surface area contributed by atoms with E-state index >= 15 is 0 Å². The van der Waals surface area contributed by atoms with Gasteiger partial charge < -0.3 is 39.8 Å². The summed E-state index contributed by atoms with van der Waals surface area (Å²) < 4.78 is 22.8. The average Bonchev–Trinajstić information content (AvgIpc) is 3.53. The standard InChI is InChI=1S/C54H66N6O14/c1-6-54(2,3)48(65)52(69)59-29-10-7-17-38(59)53(70)74-39(23-21-33-22-24-40(71-4)42(30-33)72-5)34-14-11-15-35(31-34)57-45(63)26-25-43(61)55-27-8-9-28-56-46(64)32-73-41-19-12-16-36-47(41)51(68)60(50(36)67)37-18-13-20-44(62)58-49(37)66/h11-12,14-16,19,22,24,30-31,37-39H,6-10,13,17-18,20-21,23,25-29,32H2,1-5H3,(H,55,61)(H,56,64)(H,57,63)(H,58,62,66)/t37-,38?,39+/m0/s1. The second-order valence-corrected chi connectivity index (χ2v) is 19.1. The van der Waals surface area contributed by atoms with Crippen LogP contribution in [0.15, 0.2) is 60.7 Å². The minimum absolute atomic E-state index is 0.00354. The first-order valence-electron chi connectivity index (χ1n) is 25.1. The Bertz CT molecular complexity index is 2630. The van der Waals surface area contributed by atoms with Crippen molar-refractivity contribution in [2.45, 2.75) is 122 Å². The topological polar surface area (TPSA) is 262 Å². The van der Waals surface area contributed by atoms with Gasteiger partial charge in [-0.1, -0.05) is 45.0 Å². The van der Waals surface area contributed by atoms with Gasteiger partial charge in [0, 0.05) is 50.0 Å². The van der Waals surface area contributed by atoms with E-state index in [1.807, 2.05) is 19.1 Å². The summed E-state index contributed by atoms with van der Waals surface area (Å²) in [5.74, 6) is -4.68. The number of methoxy groups -OCH3 is 2. The Morgan fingerprint density at radius 1 is 0.784 bits per heavy atom. The largest absolute Gasteiger partial charge is 0.493 e. The summed E-state index contributed by atoms with van der Waals surface area (Å²) in [6.07, 6.45) is 3.42. The molecule has 0 bridgehead atoms. The van der Waals surface area contributed by atoms with Gasteiger partial charge in [0.05, 0.1) is 25.3 Å². The zero-order valence-corrected chi connectivity index (χ0v) is 42.6. The molecular weight excluding hydrogens is 957 g/mol. The van der Waals surface area contributed by atoms with Gasteiger partial charge in [-0.25, -0.2) is 4.79 Å². The summed E-state index contributed by atoms with van der Waals surface area (Å²) in [5.41, 5.74) is 0.956. The minimum atomic E-state index is -1.15. The first kappa shape index (κ1) is 55.7. The fourth-order valence-corrected chi connectivity index (χ4v) is 8.89. The number of anilines is 1.